The van der Waals surface area contributed by atoms with Gasteiger partial charge in [0.05, 0.1) is 0 Å². The maximum absolute atomic E-state index is 11.6. The summed E-state index contributed by atoms with van der Waals surface area (Å²) in [5.74, 6) is -1.06. The fraction of sp³-hybridized carbons (Fsp3) is 0.538. The van der Waals surface area contributed by atoms with E-state index in [1.807, 2.05) is 27.7 Å². The second-order valence-electron chi connectivity index (χ2n) is 5.57. The number of hydrogen-bond donors (Lipinski definition) is 2. The molecule has 0 aromatic rings. The van der Waals surface area contributed by atoms with E-state index in [-0.39, 0.29) is 0 Å². The topological polar surface area (TPSA) is 86.2 Å². The van der Waals surface area contributed by atoms with Gasteiger partial charge < -0.3 is 11.5 Å². The molecule has 0 spiro atoms. The predicted molar refractivity (Wildman–Crippen MR) is 64.6 cm³/mol. The maximum atomic E-state index is 11.6. The lowest BCUT2D eigenvalue weighted by atomic mass is 9.74. The van der Waals surface area contributed by atoms with Gasteiger partial charge in [0, 0.05) is 22.0 Å². The molecule has 2 rings (SSSR count). The van der Waals surface area contributed by atoms with Crippen molar-refractivity contribution in [1.82, 2.24) is 0 Å². The van der Waals surface area contributed by atoms with E-state index in [4.69, 9.17) is 11.5 Å². The lowest BCUT2D eigenvalue weighted by Gasteiger charge is -2.29. The molecule has 2 aliphatic carbocycles. The zero-order chi connectivity index (χ0) is 13.2. The van der Waals surface area contributed by atoms with Crippen molar-refractivity contribution in [2.24, 2.45) is 22.3 Å². The average molecular weight is 234 g/mol. The summed E-state index contributed by atoms with van der Waals surface area (Å²) >= 11 is 0. The average Bonchev–Trinajstić information content (AvgIpc) is 2.54. The first kappa shape index (κ1) is 11.9. The van der Waals surface area contributed by atoms with Crippen molar-refractivity contribution in [1.29, 1.82) is 0 Å². The van der Waals surface area contributed by atoms with E-state index in [0.29, 0.717) is 17.6 Å². The van der Waals surface area contributed by atoms with Gasteiger partial charge >= 0.3 is 0 Å². The van der Waals surface area contributed by atoms with Crippen molar-refractivity contribution in [2.75, 3.05) is 0 Å². The summed E-state index contributed by atoms with van der Waals surface area (Å²) in [4.78, 5) is 23.3. The van der Waals surface area contributed by atoms with Gasteiger partial charge in [-0.25, -0.2) is 0 Å². The quantitative estimate of drug-likeness (QED) is 0.699. The lowest BCUT2D eigenvalue weighted by Crippen LogP contribution is -2.33. The minimum atomic E-state index is -0.531. The molecule has 0 aromatic carbocycles. The minimum absolute atomic E-state index is 0.413. The standard InChI is InChI=1S/C13H18N2O2/c1-6-7(2)13(4)5-12(6,3)8(10(14)16)9(13)11(15)17/h5H2,1-4H3,(H2,14,16)(H2,15,17). The molecule has 0 radical (unpaired) electrons. The minimum Gasteiger partial charge on any atom is -0.366 e. The highest BCUT2D eigenvalue weighted by Gasteiger charge is 2.59. The Hall–Kier alpha value is -1.58. The number of amides is 2. The normalized spacial score (nSPS) is 35.8. The molecule has 2 amide bonds. The first-order chi connectivity index (χ1) is 7.66. The third-order valence-corrected chi connectivity index (χ3v) is 4.77. The molecule has 0 aromatic heterocycles. The number of allylic oxidation sites excluding steroid dienone is 2. The van der Waals surface area contributed by atoms with Crippen molar-refractivity contribution in [3.63, 3.8) is 0 Å². The highest BCUT2D eigenvalue weighted by molar-refractivity contribution is 6.08. The molecule has 2 bridgehead atoms. The molecule has 0 saturated carbocycles. The van der Waals surface area contributed by atoms with E-state index in [0.717, 1.165) is 11.1 Å². The molecule has 0 aliphatic heterocycles. The van der Waals surface area contributed by atoms with Crippen molar-refractivity contribution in [3.8, 4) is 0 Å². The molecule has 0 heterocycles. The van der Waals surface area contributed by atoms with Gasteiger partial charge in [-0.15, -0.1) is 0 Å². The van der Waals surface area contributed by atoms with E-state index < -0.39 is 22.6 Å². The van der Waals surface area contributed by atoms with E-state index in [9.17, 15) is 9.59 Å². The second-order valence-corrected chi connectivity index (χ2v) is 5.57. The molecule has 92 valence electrons. The van der Waals surface area contributed by atoms with Gasteiger partial charge in [0.25, 0.3) is 0 Å². The van der Waals surface area contributed by atoms with Crippen LogP contribution in [0.4, 0.5) is 0 Å². The van der Waals surface area contributed by atoms with Crippen molar-refractivity contribution >= 4 is 11.8 Å². The molecule has 4 heteroatoms. The first-order valence-corrected chi connectivity index (χ1v) is 5.69. The second kappa shape index (κ2) is 3.00. The van der Waals surface area contributed by atoms with Gasteiger partial charge in [-0.05, 0) is 20.3 Å². The first-order valence-electron chi connectivity index (χ1n) is 5.69. The zero-order valence-electron chi connectivity index (χ0n) is 10.7. The van der Waals surface area contributed by atoms with Gasteiger partial charge in [0.15, 0.2) is 0 Å². The van der Waals surface area contributed by atoms with Crippen LogP contribution in [0.3, 0.4) is 0 Å². The number of nitrogens with two attached hydrogens (primary N) is 2. The van der Waals surface area contributed by atoms with Gasteiger partial charge in [-0.2, -0.15) is 0 Å². The van der Waals surface area contributed by atoms with Crippen LogP contribution in [0.2, 0.25) is 0 Å². The highest BCUT2D eigenvalue weighted by atomic mass is 16.2. The van der Waals surface area contributed by atoms with Crippen LogP contribution >= 0.6 is 0 Å². The van der Waals surface area contributed by atoms with Crippen molar-refractivity contribution < 1.29 is 9.59 Å². The molecule has 4 N–H and O–H groups in total. The predicted octanol–water partition coefficient (Wildman–Crippen LogP) is 1.02. The molecule has 17 heavy (non-hydrogen) atoms. The Labute approximate surface area is 101 Å². The summed E-state index contributed by atoms with van der Waals surface area (Å²) in [5, 5.41) is 0. The van der Waals surface area contributed by atoms with Crippen LogP contribution in [0.1, 0.15) is 34.1 Å². The van der Waals surface area contributed by atoms with Crippen LogP contribution in [0, 0.1) is 10.8 Å². The van der Waals surface area contributed by atoms with Gasteiger partial charge in [-0.3, -0.25) is 9.59 Å². The van der Waals surface area contributed by atoms with Crippen molar-refractivity contribution in [2.45, 2.75) is 34.1 Å². The summed E-state index contributed by atoms with van der Waals surface area (Å²) in [5.41, 5.74) is 13.1. The number of fused-ring (bicyclic) bond motifs is 2. The largest absolute Gasteiger partial charge is 0.366 e. The number of primary amides is 2. The third-order valence-electron chi connectivity index (χ3n) is 4.77. The number of hydrogen-bond acceptors (Lipinski definition) is 2. The number of carbonyl (C=O) groups excluding carboxylic acids is 2. The molecular weight excluding hydrogens is 216 g/mol. The summed E-state index contributed by atoms with van der Waals surface area (Å²) in [7, 11) is 0. The monoisotopic (exact) mass is 234 g/mol. The van der Waals surface area contributed by atoms with Crippen LogP contribution in [-0.2, 0) is 9.59 Å². The van der Waals surface area contributed by atoms with E-state index in [2.05, 4.69) is 0 Å². The van der Waals surface area contributed by atoms with Crippen LogP contribution in [0.5, 0.6) is 0 Å². The smallest absolute Gasteiger partial charge is 0.246 e. The fourth-order valence-corrected chi connectivity index (χ4v) is 3.69. The number of rotatable bonds is 2. The summed E-state index contributed by atoms with van der Waals surface area (Å²) in [6, 6.07) is 0. The molecular formula is C13H18N2O2. The van der Waals surface area contributed by atoms with Crippen LogP contribution in [0.15, 0.2) is 22.3 Å². The summed E-state index contributed by atoms with van der Waals surface area (Å²) in [6.07, 6.45) is 0.716. The fourth-order valence-electron chi connectivity index (χ4n) is 3.69. The summed E-state index contributed by atoms with van der Waals surface area (Å²) < 4.78 is 0. The third kappa shape index (κ3) is 1.13. The van der Waals surface area contributed by atoms with Gasteiger partial charge in [0.1, 0.15) is 0 Å². The van der Waals surface area contributed by atoms with Crippen molar-refractivity contribution in [3.05, 3.63) is 22.3 Å². The Morgan fingerprint density at radius 2 is 1.24 bits per heavy atom. The van der Waals surface area contributed by atoms with Crippen LogP contribution in [0.25, 0.3) is 0 Å². The lowest BCUT2D eigenvalue weighted by molar-refractivity contribution is -0.117. The molecule has 0 fully saturated rings. The highest BCUT2D eigenvalue weighted by Crippen LogP contribution is 2.65. The Balaban J connectivity index is 2.79. The van der Waals surface area contributed by atoms with Gasteiger partial charge in [0.2, 0.25) is 11.8 Å². The van der Waals surface area contributed by atoms with E-state index in [1.165, 1.54) is 0 Å². The maximum Gasteiger partial charge on any atom is 0.246 e. The van der Waals surface area contributed by atoms with Gasteiger partial charge in [-0.1, -0.05) is 25.0 Å². The SMILES string of the molecule is CC1=C(C)C2(C)CC1(C)C(C(N)=O)=C2C(N)=O. The Morgan fingerprint density at radius 3 is 1.47 bits per heavy atom. The molecule has 0 saturated heterocycles. The Kier molecular flexibility index (Phi) is 2.10. The summed E-state index contributed by atoms with van der Waals surface area (Å²) in [6.45, 7) is 7.93. The Bertz CT molecular complexity index is 472. The van der Waals surface area contributed by atoms with Crippen LogP contribution in [-0.4, -0.2) is 11.8 Å². The van der Waals surface area contributed by atoms with E-state index in [1.54, 1.807) is 0 Å². The zero-order valence-corrected chi connectivity index (χ0v) is 10.7. The molecule has 2 unspecified atom stereocenters. The molecule has 2 atom stereocenters. The molecule has 4 nitrogen and oxygen atoms in total. The molecule has 2 aliphatic rings. The number of carbonyl (C=O) groups is 2. The Morgan fingerprint density at radius 1 is 0.941 bits per heavy atom. The van der Waals surface area contributed by atoms with E-state index >= 15 is 0 Å². The van der Waals surface area contributed by atoms with Crippen LogP contribution < -0.4 is 11.5 Å².